The van der Waals surface area contributed by atoms with Gasteiger partial charge in [-0.3, -0.25) is 11.3 Å². The lowest BCUT2D eigenvalue weighted by Gasteiger charge is -2.14. The van der Waals surface area contributed by atoms with E-state index in [1.807, 2.05) is 0 Å². The molecular formula is C11H13FN4OS. The Balaban J connectivity index is 2.22. The molecule has 0 aliphatic carbocycles. The van der Waals surface area contributed by atoms with Crippen LogP contribution in [0.4, 0.5) is 4.39 Å². The summed E-state index contributed by atoms with van der Waals surface area (Å²) in [5, 5.41) is 3.74. The summed E-state index contributed by atoms with van der Waals surface area (Å²) < 4.78 is 22.7. The summed E-state index contributed by atoms with van der Waals surface area (Å²) in [4.78, 5) is 0.861. The molecule has 2 rings (SSSR count). The molecule has 7 heteroatoms. The van der Waals surface area contributed by atoms with Crippen molar-refractivity contribution in [2.75, 3.05) is 7.11 Å². The Morgan fingerprint density at radius 3 is 3.00 bits per heavy atom. The van der Waals surface area contributed by atoms with E-state index in [9.17, 15) is 4.39 Å². The zero-order valence-electron chi connectivity index (χ0n) is 9.76. The largest absolute Gasteiger partial charge is 0.494 e. The third-order valence-corrected chi connectivity index (χ3v) is 3.39. The van der Waals surface area contributed by atoms with Gasteiger partial charge in [-0.05, 0) is 29.6 Å². The van der Waals surface area contributed by atoms with Gasteiger partial charge in [-0.15, -0.1) is 5.10 Å². The summed E-state index contributed by atoms with van der Waals surface area (Å²) in [6, 6.07) is 4.82. The Labute approximate surface area is 108 Å². The van der Waals surface area contributed by atoms with Gasteiger partial charge in [0.25, 0.3) is 0 Å². The number of benzene rings is 1. The Morgan fingerprint density at radius 1 is 1.56 bits per heavy atom. The minimum atomic E-state index is -0.363. The average Bonchev–Trinajstić information content (AvgIpc) is 2.91. The van der Waals surface area contributed by atoms with Crippen molar-refractivity contribution in [2.24, 2.45) is 5.84 Å². The first-order valence-electron chi connectivity index (χ1n) is 5.31. The van der Waals surface area contributed by atoms with Crippen LogP contribution in [0.2, 0.25) is 0 Å². The second-order valence-corrected chi connectivity index (χ2v) is 4.49. The molecule has 0 bridgehead atoms. The van der Waals surface area contributed by atoms with E-state index in [-0.39, 0.29) is 17.6 Å². The van der Waals surface area contributed by atoms with Gasteiger partial charge in [0, 0.05) is 0 Å². The predicted octanol–water partition coefficient (Wildman–Crippen LogP) is 1.43. The highest BCUT2D eigenvalue weighted by atomic mass is 32.1. The van der Waals surface area contributed by atoms with Gasteiger partial charge < -0.3 is 4.74 Å². The summed E-state index contributed by atoms with van der Waals surface area (Å²) >= 11 is 1.23. The van der Waals surface area contributed by atoms with Crippen LogP contribution < -0.4 is 16.0 Å². The number of halogens is 1. The average molecular weight is 268 g/mol. The Morgan fingerprint density at radius 2 is 2.39 bits per heavy atom. The summed E-state index contributed by atoms with van der Waals surface area (Å²) in [7, 11) is 1.44. The molecule has 18 heavy (non-hydrogen) atoms. The van der Waals surface area contributed by atoms with E-state index in [1.54, 1.807) is 24.4 Å². The highest BCUT2D eigenvalue weighted by Gasteiger charge is 2.17. The van der Waals surface area contributed by atoms with Gasteiger partial charge in [-0.25, -0.2) is 4.39 Å². The Bertz CT molecular complexity index is 506. The van der Waals surface area contributed by atoms with Crippen molar-refractivity contribution in [3.8, 4) is 5.75 Å². The second-order valence-electron chi connectivity index (χ2n) is 3.68. The number of aromatic nitrogens is 2. The molecule has 0 amide bonds. The van der Waals surface area contributed by atoms with Gasteiger partial charge in [-0.1, -0.05) is 16.6 Å². The molecule has 0 aliphatic heterocycles. The molecule has 0 saturated heterocycles. The van der Waals surface area contributed by atoms with Crippen LogP contribution in [0.3, 0.4) is 0 Å². The molecule has 1 unspecified atom stereocenters. The molecule has 96 valence electrons. The normalized spacial score (nSPS) is 12.4. The molecule has 5 nitrogen and oxygen atoms in total. The van der Waals surface area contributed by atoms with Crippen molar-refractivity contribution in [1.82, 2.24) is 15.0 Å². The van der Waals surface area contributed by atoms with Gasteiger partial charge in [0.1, 0.15) is 0 Å². The molecule has 0 saturated carbocycles. The molecule has 3 N–H and O–H groups in total. The molecule has 0 spiro atoms. The molecule has 0 aliphatic rings. The van der Waals surface area contributed by atoms with E-state index in [1.165, 1.54) is 18.6 Å². The maximum atomic E-state index is 14.0. The Hall–Kier alpha value is -1.57. The smallest absolute Gasteiger partial charge is 0.168 e. The van der Waals surface area contributed by atoms with Crippen LogP contribution in [0, 0.1) is 5.82 Å². The molecule has 1 aromatic heterocycles. The van der Waals surface area contributed by atoms with Crippen LogP contribution in [-0.4, -0.2) is 16.7 Å². The van der Waals surface area contributed by atoms with Crippen molar-refractivity contribution >= 4 is 11.5 Å². The third-order valence-electron chi connectivity index (χ3n) is 2.61. The number of nitrogens with two attached hydrogens (primary N) is 1. The molecule has 1 heterocycles. The number of hydrogen-bond donors (Lipinski definition) is 2. The first kappa shape index (κ1) is 12.9. The van der Waals surface area contributed by atoms with E-state index < -0.39 is 0 Å². The number of ether oxygens (including phenoxy) is 1. The van der Waals surface area contributed by atoms with Crippen molar-refractivity contribution in [1.29, 1.82) is 0 Å². The highest BCUT2D eigenvalue weighted by molar-refractivity contribution is 7.05. The van der Waals surface area contributed by atoms with Crippen molar-refractivity contribution in [3.05, 3.63) is 40.7 Å². The molecule has 0 fully saturated rings. The first-order chi connectivity index (χ1) is 8.76. The lowest BCUT2D eigenvalue weighted by atomic mass is 10.0. The summed E-state index contributed by atoms with van der Waals surface area (Å²) in [6.45, 7) is 0. The van der Waals surface area contributed by atoms with E-state index in [0.29, 0.717) is 12.0 Å². The lowest BCUT2D eigenvalue weighted by Crippen LogP contribution is -2.29. The van der Waals surface area contributed by atoms with Gasteiger partial charge >= 0.3 is 0 Å². The number of hydrazine groups is 1. The molecule has 1 atom stereocenters. The van der Waals surface area contributed by atoms with Crippen LogP contribution in [0.1, 0.15) is 16.5 Å². The molecule has 2 aromatic rings. The SMILES string of the molecule is COc1cccc(CC(NN)c2cnns2)c1F. The maximum absolute atomic E-state index is 14.0. The summed E-state index contributed by atoms with van der Waals surface area (Å²) in [6.07, 6.45) is 2.02. The maximum Gasteiger partial charge on any atom is 0.168 e. The van der Waals surface area contributed by atoms with Crippen LogP contribution in [-0.2, 0) is 6.42 Å². The van der Waals surface area contributed by atoms with E-state index in [4.69, 9.17) is 10.6 Å². The van der Waals surface area contributed by atoms with Crippen molar-refractivity contribution in [3.63, 3.8) is 0 Å². The third kappa shape index (κ3) is 2.63. The van der Waals surface area contributed by atoms with Gasteiger partial charge in [0.05, 0.1) is 24.2 Å². The van der Waals surface area contributed by atoms with Crippen LogP contribution >= 0.6 is 11.5 Å². The first-order valence-corrected chi connectivity index (χ1v) is 6.08. The minimum absolute atomic E-state index is 0.216. The fourth-order valence-corrected chi connectivity index (χ4v) is 2.22. The fraction of sp³-hybridized carbons (Fsp3) is 0.273. The van der Waals surface area contributed by atoms with Crippen LogP contribution in [0.15, 0.2) is 24.4 Å². The van der Waals surface area contributed by atoms with Crippen LogP contribution in [0.25, 0.3) is 0 Å². The van der Waals surface area contributed by atoms with E-state index in [2.05, 4.69) is 15.0 Å². The monoisotopic (exact) mass is 268 g/mol. The quantitative estimate of drug-likeness (QED) is 0.634. The number of nitrogens with one attached hydrogen (secondary N) is 1. The number of hydrogen-bond acceptors (Lipinski definition) is 6. The molecule has 0 radical (unpaired) electrons. The van der Waals surface area contributed by atoms with E-state index in [0.717, 1.165) is 4.88 Å². The van der Waals surface area contributed by atoms with Gasteiger partial charge in [0.2, 0.25) is 0 Å². The topological polar surface area (TPSA) is 73.1 Å². The predicted molar refractivity (Wildman–Crippen MR) is 66.6 cm³/mol. The molecule has 1 aromatic carbocycles. The standard InChI is InChI=1S/C11H13FN4OS/c1-17-9-4-2-3-7(11(9)12)5-8(15-13)10-6-14-16-18-10/h2-4,6,8,15H,5,13H2,1H3. The second kappa shape index (κ2) is 5.85. The van der Waals surface area contributed by atoms with E-state index >= 15 is 0 Å². The zero-order valence-corrected chi connectivity index (χ0v) is 10.6. The highest BCUT2D eigenvalue weighted by Crippen LogP contribution is 2.25. The number of methoxy groups -OCH3 is 1. The van der Waals surface area contributed by atoms with Gasteiger partial charge in [0.15, 0.2) is 11.6 Å². The van der Waals surface area contributed by atoms with Gasteiger partial charge in [-0.2, -0.15) is 0 Å². The molecular weight excluding hydrogens is 255 g/mol. The number of rotatable bonds is 5. The summed E-state index contributed by atoms with van der Waals surface area (Å²) in [5.41, 5.74) is 3.17. The van der Waals surface area contributed by atoms with Crippen molar-refractivity contribution < 1.29 is 9.13 Å². The van der Waals surface area contributed by atoms with Crippen LogP contribution in [0.5, 0.6) is 5.75 Å². The zero-order chi connectivity index (χ0) is 13.0. The minimum Gasteiger partial charge on any atom is -0.494 e. The van der Waals surface area contributed by atoms with Crippen molar-refractivity contribution in [2.45, 2.75) is 12.5 Å². The summed E-state index contributed by atoms with van der Waals surface area (Å²) in [5.74, 6) is 5.34. The number of nitrogens with zero attached hydrogens (tertiary/aromatic N) is 2. The fourth-order valence-electron chi connectivity index (χ4n) is 1.66. The lowest BCUT2D eigenvalue weighted by molar-refractivity contribution is 0.382. The Kier molecular flexibility index (Phi) is 4.19.